The summed E-state index contributed by atoms with van der Waals surface area (Å²) in [5.74, 6) is 0.143. The van der Waals surface area contributed by atoms with Crippen LogP contribution in [-0.2, 0) is 26.2 Å². The van der Waals surface area contributed by atoms with Gasteiger partial charge in [-0.15, -0.1) is 0 Å². The maximum atomic E-state index is 13.0. The average Bonchev–Trinajstić information content (AvgIpc) is 3.06. The number of rotatable bonds is 7. The molecule has 32 heavy (non-hydrogen) atoms. The number of primary amides is 1. The van der Waals surface area contributed by atoms with E-state index in [1.165, 1.54) is 0 Å². The van der Waals surface area contributed by atoms with E-state index in [0.29, 0.717) is 38.5 Å². The van der Waals surface area contributed by atoms with E-state index in [1.54, 1.807) is 4.90 Å². The molecule has 0 saturated carbocycles. The van der Waals surface area contributed by atoms with Gasteiger partial charge >= 0.3 is 0 Å². The summed E-state index contributed by atoms with van der Waals surface area (Å²) in [4.78, 5) is 29.5. The van der Waals surface area contributed by atoms with Crippen LogP contribution in [0.3, 0.4) is 0 Å². The summed E-state index contributed by atoms with van der Waals surface area (Å²) in [6.45, 7) is 7.10. The van der Waals surface area contributed by atoms with E-state index in [2.05, 4.69) is 18.7 Å². The van der Waals surface area contributed by atoms with Crippen LogP contribution in [0.4, 0.5) is 5.69 Å². The normalized spacial score (nSPS) is 22.5. The number of amides is 2. The summed E-state index contributed by atoms with van der Waals surface area (Å²) < 4.78 is 11.2. The minimum atomic E-state index is -0.889. The Balaban J connectivity index is 1.64. The molecule has 0 radical (unpaired) electrons. The van der Waals surface area contributed by atoms with Crippen molar-refractivity contribution >= 4 is 17.5 Å². The lowest BCUT2D eigenvalue weighted by molar-refractivity contribution is -0.137. The minimum absolute atomic E-state index is 0.0475. The van der Waals surface area contributed by atoms with Crippen LogP contribution in [0.2, 0.25) is 0 Å². The van der Waals surface area contributed by atoms with Gasteiger partial charge in [-0.25, -0.2) is 0 Å². The van der Waals surface area contributed by atoms with Gasteiger partial charge in [-0.2, -0.15) is 0 Å². The third-order valence-corrected chi connectivity index (χ3v) is 6.77. The maximum absolute atomic E-state index is 13.0. The van der Waals surface area contributed by atoms with Gasteiger partial charge in [0.1, 0.15) is 5.75 Å². The number of fused-ring (bicyclic) bond motifs is 1. The standard InChI is InChI=1S/C25H31N3O4/c1-3-28-18(2)25(24(26)30,16-19-7-5-4-6-8-19)21-15-20(9-10-22(21)28)32-17-23(29)27-11-13-31-14-12-27/h4-10,15,18H,3,11-14,16-17H2,1-2H3,(H2,26,30). The van der Waals surface area contributed by atoms with E-state index in [1.807, 2.05) is 48.5 Å². The quantitative estimate of drug-likeness (QED) is 0.717. The zero-order valence-electron chi connectivity index (χ0n) is 18.8. The highest BCUT2D eigenvalue weighted by atomic mass is 16.5. The fraction of sp³-hybridized carbons (Fsp3) is 0.440. The minimum Gasteiger partial charge on any atom is -0.484 e. The van der Waals surface area contributed by atoms with E-state index in [0.717, 1.165) is 23.4 Å². The van der Waals surface area contributed by atoms with Crippen molar-refractivity contribution in [2.75, 3.05) is 44.4 Å². The number of carbonyl (C=O) groups excluding carboxylic acids is 2. The van der Waals surface area contributed by atoms with E-state index in [9.17, 15) is 9.59 Å². The van der Waals surface area contributed by atoms with Crippen LogP contribution in [0.1, 0.15) is 25.0 Å². The van der Waals surface area contributed by atoms with Gasteiger partial charge in [0.15, 0.2) is 6.61 Å². The molecule has 1 fully saturated rings. The molecular weight excluding hydrogens is 406 g/mol. The van der Waals surface area contributed by atoms with Crippen LogP contribution in [0.25, 0.3) is 0 Å². The number of morpholine rings is 1. The van der Waals surface area contributed by atoms with Crippen molar-refractivity contribution in [3.05, 3.63) is 59.7 Å². The monoisotopic (exact) mass is 437 g/mol. The summed E-state index contributed by atoms with van der Waals surface area (Å²) in [5.41, 5.74) is 8.10. The predicted molar refractivity (Wildman–Crippen MR) is 123 cm³/mol. The van der Waals surface area contributed by atoms with Gasteiger partial charge < -0.3 is 25.0 Å². The molecule has 2 aliphatic rings. The highest BCUT2D eigenvalue weighted by Gasteiger charge is 2.52. The first-order chi connectivity index (χ1) is 15.5. The molecule has 2 heterocycles. The van der Waals surface area contributed by atoms with Crippen LogP contribution >= 0.6 is 0 Å². The molecule has 2 amide bonds. The van der Waals surface area contributed by atoms with Crippen molar-refractivity contribution < 1.29 is 19.1 Å². The van der Waals surface area contributed by atoms with Crippen LogP contribution in [0.15, 0.2) is 48.5 Å². The summed E-state index contributed by atoms with van der Waals surface area (Å²) in [6, 6.07) is 15.6. The molecule has 0 spiro atoms. The molecule has 0 bridgehead atoms. The van der Waals surface area contributed by atoms with E-state index < -0.39 is 5.41 Å². The Hall–Kier alpha value is -3.06. The predicted octanol–water partition coefficient (Wildman–Crippen LogP) is 2.12. The van der Waals surface area contributed by atoms with Crippen molar-refractivity contribution in [1.29, 1.82) is 0 Å². The third-order valence-electron chi connectivity index (χ3n) is 6.77. The lowest BCUT2D eigenvalue weighted by Crippen LogP contribution is -2.52. The average molecular weight is 438 g/mol. The number of carbonyl (C=O) groups is 2. The Kier molecular flexibility index (Phi) is 6.37. The second-order valence-electron chi connectivity index (χ2n) is 8.42. The van der Waals surface area contributed by atoms with Gasteiger partial charge in [-0.05, 0) is 49.6 Å². The topological polar surface area (TPSA) is 85.1 Å². The van der Waals surface area contributed by atoms with Crippen LogP contribution in [-0.4, -0.2) is 62.2 Å². The number of hydrogen-bond donors (Lipinski definition) is 1. The number of nitrogens with two attached hydrogens (primary N) is 1. The number of ether oxygens (including phenoxy) is 2. The summed E-state index contributed by atoms with van der Waals surface area (Å²) in [5, 5.41) is 0. The Morgan fingerprint density at radius 1 is 1.16 bits per heavy atom. The maximum Gasteiger partial charge on any atom is 0.260 e. The molecule has 2 atom stereocenters. The number of benzene rings is 2. The molecule has 2 aromatic rings. The molecular formula is C25H31N3O4. The van der Waals surface area contributed by atoms with Crippen molar-refractivity contribution in [3.8, 4) is 5.75 Å². The fourth-order valence-electron chi connectivity index (χ4n) is 4.99. The largest absolute Gasteiger partial charge is 0.484 e. The Morgan fingerprint density at radius 2 is 1.88 bits per heavy atom. The highest BCUT2D eigenvalue weighted by molar-refractivity contribution is 5.93. The Morgan fingerprint density at radius 3 is 2.53 bits per heavy atom. The summed E-state index contributed by atoms with van der Waals surface area (Å²) in [6.07, 6.45) is 0.504. The zero-order chi connectivity index (χ0) is 22.7. The molecule has 2 unspecified atom stereocenters. The molecule has 2 aliphatic heterocycles. The highest BCUT2D eigenvalue weighted by Crippen LogP contribution is 2.48. The first-order valence-electron chi connectivity index (χ1n) is 11.2. The van der Waals surface area contributed by atoms with Crippen molar-refractivity contribution in [1.82, 2.24) is 4.90 Å². The smallest absolute Gasteiger partial charge is 0.260 e. The van der Waals surface area contributed by atoms with Gasteiger partial charge in [0.2, 0.25) is 5.91 Å². The second-order valence-corrected chi connectivity index (χ2v) is 8.42. The van der Waals surface area contributed by atoms with Crippen LogP contribution in [0, 0.1) is 0 Å². The fourth-order valence-corrected chi connectivity index (χ4v) is 4.99. The van der Waals surface area contributed by atoms with Gasteiger partial charge in [0.25, 0.3) is 5.91 Å². The number of hydrogen-bond acceptors (Lipinski definition) is 5. The van der Waals surface area contributed by atoms with Gasteiger partial charge in [0.05, 0.1) is 18.6 Å². The molecule has 2 aromatic carbocycles. The summed E-state index contributed by atoms with van der Waals surface area (Å²) in [7, 11) is 0. The lowest BCUT2D eigenvalue weighted by atomic mass is 9.72. The summed E-state index contributed by atoms with van der Waals surface area (Å²) >= 11 is 0. The molecule has 7 nitrogen and oxygen atoms in total. The van der Waals surface area contributed by atoms with E-state index >= 15 is 0 Å². The lowest BCUT2D eigenvalue weighted by Gasteiger charge is -2.34. The number of anilines is 1. The molecule has 0 aromatic heterocycles. The SMILES string of the molecule is CCN1c2ccc(OCC(=O)N3CCOCC3)cc2C(Cc2ccccc2)(C(N)=O)C1C. The van der Waals surface area contributed by atoms with Gasteiger partial charge in [-0.3, -0.25) is 9.59 Å². The van der Waals surface area contributed by atoms with E-state index in [-0.39, 0.29) is 24.5 Å². The molecule has 2 N–H and O–H groups in total. The van der Waals surface area contributed by atoms with E-state index in [4.69, 9.17) is 15.2 Å². The number of likely N-dealkylation sites (N-methyl/N-ethyl adjacent to an activating group) is 1. The van der Waals surface area contributed by atoms with Crippen LogP contribution < -0.4 is 15.4 Å². The number of nitrogens with zero attached hydrogens (tertiary/aromatic N) is 2. The molecule has 0 aliphatic carbocycles. The first kappa shape index (κ1) is 22.1. The van der Waals surface area contributed by atoms with Gasteiger partial charge in [0, 0.05) is 31.4 Å². The molecule has 4 rings (SSSR count). The first-order valence-corrected chi connectivity index (χ1v) is 11.2. The van der Waals surface area contributed by atoms with Crippen molar-refractivity contribution in [2.45, 2.75) is 31.7 Å². The zero-order valence-corrected chi connectivity index (χ0v) is 18.8. The molecule has 170 valence electrons. The van der Waals surface area contributed by atoms with Crippen molar-refractivity contribution in [3.63, 3.8) is 0 Å². The Bertz CT molecular complexity index is 974. The molecule has 7 heteroatoms. The van der Waals surface area contributed by atoms with Gasteiger partial charge in [-0.1, -0.05) is 30.3 Å². The second kappa shape index (κ2) is 9.20. The third kappa shape index (κ3) is 3.93. The van der Waals surface area contributed by atoms with Crippen LogP contribution in [0.5, 0.6) is 5.75 Å². The Labute approximate surface area is 189 Å². The van der Waals surface area contributed by atoms with Crippen molar-refractivity contribution in [2.24, 2.45) is 5.73 Å². The molecule has 1 saturated heterocycles.